The summed E-state index contributed by atoms with van der Waals surface area (Å²) in [6.07, 6.45) is 8.53. The topological polar surface area (TPSA) is 58.2 Å². The minimum atomic E-state index is -0.0978. The molecule has 4 nitrogen and oxygen atoms in total. The van der Waals surface area contributed by atoms with Crippen LogP contribution in [0, 0.1) is 0 Å². The molecule has 0 spiro atoms. The van der Waals surface area contributed by atoms with Crippen LogP contribution >= 0.6 is 0 Å². The highest BCUT2D eigenvalue weighted by molar-refractivity contribution is 5.91. The number of aryl methyl sites for hydroxylation is 2. The van der Waals surface area contributed by atoms with Crippen LogP contribution in [0.1, 0.15) is 51.3 Å². The predicted octanol–water partition coefficient (Wildman–Crippen LogP) is 3.50. The maximum atomic E-state index is 11.6. The molecule has 0 bridgehead atoms. The molecule has 118 valence electrons. The minimum absolute atomic E-state index is 0. The van der Waals surface area contributed by atoms with Gasteiger partial charge in [-0.3, -0.25) is 0 Å². The van der Waals surface area contributed by atoms with E-state index in [0.717, 1.165) is 24.8 Å². The highest BCUT2D eigenvalue weighted by atomic mass is 16.2. The SMILES string of the molecule is CCC=O.CNC(=O)Nc1c2c(cc3c1CCC3)CCC2.[HH].[HH]. The van der Waals surface area contributed by atoms with Crippen LogP contribution in [0.5, 0.6) is 0 Å². The van der Waals surface area contributed by atoms with Gasteiger partial charge in [0.05, 0.1) is 0 Å². The number of anilines is 1. The van der Waals surface area contributed by atoms with Crippen molar-refractivity contribution in [1.82, 2.24) is 5.32 Å². The van der Waals surface area contributed by atoms with Gasteiger partial charge in [0.15, 0.2) is 0 Å². The molecule has 0 aliphatic heterocycles. The van der Waals surface area contributed by atoms with Gasteiger partial charge < -0.3 is 15.4 Å². The van der Waals surface area contributed by atoms with E-state index in [-0.39, 0.29) is 8.88 Å². The standard InChI is InChI=1S/C14H18N2O.C3H6O.2H2/c1-15-14(17)16-13-11-6-2-4-9(11)8-10-5-3-7-12(10)13;1-2-3-4;;/h8H,2-7H2,1H3,(H2,15,16,17);3H,2H2,1H3;2*1H. The molecule has 2 aliphatic rings. The normalized spacial score (nSPS) is 14.6. The summed E-state index contributed by atoms with van der Waals surface area (Å²) in [6, 6.07) is 2.28. The molecule has 0 fully saturated rings. The number of carbonyl (C=O) groups is 2. The Morgan fingerprint density at radius 1 is 1.19 bits per heavy atom. The fraction of sp³-hybridized carbons (Fsp3) is 0.529. The average molecular weight is 292 g/mol. The van der Waals surface area contributed by atoms with Gasteiger partial charge in [-0.15, -0.1) is 0 Å². The third kappa shape index (κ3) is 3.43. The van der Waals surface area contributed by atoms with Crippen molar-refractivity contribution < 1.29 is 12.4 Å². The van der Waals surface area contributed by atoms with Crippen molar-refractivity contribution in [2.45, 2.75) is 51.9 Å². The summed E-state index contributed by atoms with van der Waals surface area (Å²) in [7, 11) is 1.67. The Kier molecular flexibility index (Phi) is 5.37. The molecule has 0 aromatic heterocycles. The van der Waals surface area contributed by atoms with Crippen LogP contribution in [-0.2, 0) is 30.5 Å². The van der Waals surface area contributed by atoms with Crippen molar-refractivity contribution in [3.8, 4) is 0 Å². The van der Waals surface area contributed by atoms with Gasteiger partial charge >= 0.3 is 6.03 Å². The molecule has 0 heterocycles. The summed E-state index contributed by atoms with van der Waals surface area (Å²) < 4.78 is 0. The maximum Gasteiger partial charge on any atom is 0.318 e. The summed E-state index contributed by atoms with van der Waals surface area (Å²) in [5.41, 5.74) is 6.80. The minimum Gasteiger partial charge on any atom is -0.341 e. The number of urea groups is 1. The first-order valence-electron chi connectivity index (χ1n) is 7.80. The Morgan fingerprint density at radius 2 is 1.71 bits per heavy atom. The van der Waals surface area contributed by atoms with Gasteiger partial charge in [-0.2, -0.15) is 0 Å². The summed E-state index contributed by atoms with van der Waals surface area (Å²) in [5.74, 6) is 0. The molecule has 0 saturated carbocycles. The Morgan fingerprint density at radius 3 is 2.14 bits per heavy atom. The van der Waals surface area contributed by atoms with Gasteiger partial charge in [-0.25, -0.2) is 4.79 Å². The number of nitrogens with one attached hydrogen (secondary N) is 2. The van der Waals surface area contributed by atoms with Gasteiger partial charge in [0.2, 0.25) is 0 Å². The third-order valence-electron chi connectivity index (χ3n) is 4.11. The molecule has 2 amide bonds. The molecule has 0 unspecified atom stereocenters. The van der Waals surface area contributed by atoms with Crippen LogP contribution in [0.2, 0.25) is 0 Å². The quantitative estimate of drug-likeness (QED) is 0.820. The van der Waals surface area contributed by atoms with E-state index in [0.29, 0.717) is 6.42 Å². The second kappa shape index (κ2) is 7.25. The maximum absolute atomic E-state index is 11.6. The Balaban J connectivity index is 0.000000731. The van der Waals surface area contributed by atoms with Crippen LogP contribution in [0.3, 0.4) is 0 Å². The monoisotopic (exact) mass is 292 g/mol. The van der Waals surface area contributed by atoms with E-state index in [9.17, 15) is 9.59 Å². The largest absolute Gasteiger partial charge is 0.341 e. The van der Waals surface area contributed by atoms with E-state index in [1.807, 2.05) is 6.92 Å². The zero-order valence-electron chi connectivity index (χ0n) is 12.9. The number of rotatable bonds is 2. The molecule has 0 atom stereocenters. The number of benzene rings is 1. The molecule has 3 rings (SSSR count). The molecule has 21 heavy (non-hydrogen) atoms. The molecule has 1 aromatic rings. The first-order chi connectivity index (χ1) is 10.2. The van der Waals surface area contributed by atoms with Crippen LogP contribution in [0.4, 0.5) is 10.5 Å². The van der Waals surface area contributed by atoms with Crippen molar-refractivity contribution in [3.05, 3.63) is 28.3 Å². The highest BCUT2D eigenvalue weighted by Gasteiger charge is 2.24. The molecule has 0 radical (unpaired) electrons. The van der Waals surface area contributed by atoms with Crippen molar-refractivity contribution in [2.24, 2.45) is 0 Å². The smallest absolute Gasteiger partial charge is 0.318 e. The zero-order chi connectivity index (χ0) is 15.2. The van der Waals surface area contributed by atoms with E-state index in [1.54, 1.807) is 7.05 Å². The molecule has 2 aliphatic carbocycles. The third-order valence-corrected chi connectivity index (χ3v) is 4.11. The highest BCUT2D eigenvalue weighted by Crippen LogP contribution is 2.38. The molecule has 4 heteroatoms. The number of hydrogen-bond donors (Lipinski definition) is 2. The van der Waals surface area contributed by atoms with Crippen LogP contribution in [0.25, 0.3) is 0 Å². The number of hydrogen-bond acceptors (Lipinski definition) is 2. The number of aldehydes is 1. The van der Waals surface area contributed by atoms with Gasteiger partial charge in [0.25, 0.3) is 0 Å². The van der Waals surface area contributed by atoms with E-state index < -0.39 is 0 Å². The summed E-state index contributed by atoms with van der Waals surface area (Å²) >= 11 is 0. The van der Waals surface area contributed by atoms with E-state index in [1.165, 1.54) is 47.9 Å². The average Bonchev–Trinajstić information content (AvgIpc) is 3.15. The fourth-order valence-electron chi connectivity index (χ4n) is 3.14. The summed E-state index contributed by atoms with van der Waals surface area (Å²) in [4.78, 5) is 20.7. The lowest BCUT2D eigenvalue weighted by atomic mass is 9.99. The van der Waals surface area contributed by atoms with Crippen LogP contribution in [0.15, 0.2) is 6.07 Å². The molecule has 0 saturated heterocycles. The van der Waals surface area contributed by atoms with Crippen LogP contribution < -0.4 is 10.6 Å². The predicted molar refractivity (Wildman–Crippen MR) is 89.2 cm³/mol. The molecular weight excluding hydrogens is 264 g/mol. The molecular formula is C17H28N2O2. The Hall–Kier alpha value is -1.84. The Bertz CT molecular complexity index is 516. The lowest BCUT2D eigenvalue weighted by Crippen LogP contribution is -2.25. The van der Waals surface area contributed by atoms with Crippen molar-refractivity contribution in [1.29, 1.82) is 0 Å². The number of fused-ring (bicyclic) bond motifs is 2. The van der Waals surface area contributed by atoms with Gasteiger partial charge in [0.1, 0.15) is 6.29 Å². The van der Waals surface area contributed by atoms with E-state index in [4.69, 9.17) is 0 Å². The lowest BCUT2D eigenvalue weighted by molar-refractivity contribution is -0.107. The molecule has 2 N–H and O–H groups in total. The zero-order valence-corrected chi connectivity index (χ0v) is 12.9. The summed E-state index contributed by atoms with van der Waals surface area (Å²) in [6.45, 7) is 1.81. The first kappa shape index (κ1) is 15.5. The van der Waals surface area contributed by atoms with Crippen molar-refractivity contribution >= 4 is 18.0 Å². The second-order valence-electron chi connectivity index (χ2n) is 5.51. The fourth-order valence-corrected chi connectivity index (χ4v) is 3.14. The lowest BCUT2D eigenvalue weighted by Gasteiger charge is -2.15. The van der Waals surface area contributed by atoms with Gasteiger partial charge in [-0.05, 0) is 60.8 Å². The van der Waals surface area contributed by atoms with Gasteiger partial charge in [-0.1, -0.05) is 13.0 Å². The van der Waals surface area contributed by atoms with E-state index in [2.05, 4.69) is 16.7 Å². The van der Waals surface area contributed by atoms with Crippen molar-refractivity contribution in [2.75, 3.05) is 12.4 Å². The van der Waals surface area contributed by atoms with E-state index >= 15 is 0 Å². The number of carbonyl (C=O) groups excluding carboxylic acids is 2. The second-order valence-corrected chi connectivity index (χ2v) is 5.51. The first-order valence-corrected chi connectivity index (χ1v) is 7.80. The van der Waals surface area contributed by atoms with Crippen LogP contribution in [-0.4, -0.2) is 19.4 Å². The van der Waals surface area contributed by atoms with Gasteiger partial charge in [0, 0.05) is 22.0 Å². The molecule has 1 aromatic carbocycles. The van der Waals surface area contributed by atoms with Crippen molar-refractivity contribution in [3.63, 3.8) is 0 Å². The Labute approximate surface area is 129 Å². The number of amides is 2. The summed E-state index contributed by atoms with van der Waals surface area (Å²) in [5, 5.41) is 5.69.